The first kappa shape index (κ1) is 18.3. The van der Waals surface area contributed by atoms with Crippen molar-refractivity contribution in [2.75, 3.05) is 12.1 Å². The predicted octanol–water partition coefficient (Wildman–Crippen LogP) is 5.64. The van der Waals surface area contributed by atoms with Crippen molar-refractivity contribution in [1.82, 2.24) is 4.98 Å². The summed E-state index contributed by atoms with van der Waals surface area (Å²) in [7, 11) is 0. The SMILES string of the molecule is O=C(Nc1ccc2c(c1)OCO2)c1ccccc1-c1ncc(-c2ccc(Cl)cc2)o1. The Kier molecular flexibility index (Phi) is 4.61. The van der Waals surface area contributed by atoms with Crippen molar-refractivity contribution in [3.05, 3.63) is 83.5 Å². The fourth-order valence-electron chi connectivity index (χ4n) is 3.19. The molecule has 1 amide bonds. The number of aromatic nitrogens is 1. The van der Waals surface area contributed by atoms with Gasteiger partial charge in [-0.2, -0.15) is 0 Å². The Morgan fingerprint density at radius 2 is 1.77 bits per heavy atom. The molecule has 7 heteroatoms. The van der Waals surface area contributed by atoms with E-state index in [0.29, 0.717) is 45.0 Å². The highest BCUT2D eigenvalue weighted by Gasteiger charge is 2.19. The largest absolute Gasteiger partial charge is 0.454 e. The average Bonchev–Trinajstić information content (AvgIpc) is 3.44. The quantitative estimate of drug-likeness (QED) is 0.464. The first-order valence-electron chi connectivity index (χ1n) is 9.19. The number of fused-ring (bicyclic) bond motifs is 1. The molecule has 0 saturated carbocycles. The van der Waals surface area contributed by atoms with Crippen LogP contribution in [0.2, 0.25) is 5.02 Å². The fourth-order valence-corrected chi connectivity index (χ4v) is 3.31. The molecule has 0 unspecified atom stereocenters. The third kappa shape index (κ3) is 3.49. The van der Waals surface area contributed by atoms with E-state index in [-0.39, 0.29) is 12.7 Å². The second-order valence-electron chi connectivity index (χ2n) is 6.60. The zero-order valence-corrected chi connectivity index (χ0v) is 16.3. The number of carbonyl (C=O) groups is 1. The first-order chi connectivity index (χ1) is 14.7. The molecule has 0 atom stereocenters. The zero-order chi connectivity index (χ0) is 20.5. The number of hydrogen-bond donors (Lipinski definition) is 1. The van der Waals surface area contributed by atoms with E-state index in [1.807, 2.05) is 18.2 Å². The first-order valence-corrected chi connectivity index (χ1v) is 9.57. The lowest BCUT2D eigenvalue weighted by molar-refractivity contribution is 0.102. The predicted molar refractivity (Wildman–Crippen MR) is 113 cm³/mol. The Morgan fingerprint density at radius 3 is 2.63 bits per heavy atom. The van der Waals surface area contributed by atoms with Crippen LogP contribution in [0.25, 0.3) is 22.8 Å². The summed E-state index contributed by atoms with van der Waals surface area (Å²) >= 11 is 5.95. The molecule has 0 radical (unpaired) electrons. The van der Waals surface area contributed by atoms with Gasteiger partial charge in [-0.25, -0.2) is 4.98 Å². The van der Waals surface area contributed by atoms with Crippen molar-refractivity contribution in [2.45, 2.75) is 0 Å². The minimum Gasteiger partial charge on any atom is -0.454 e. The maximum Gasteiger partial charge on any atom is 0.256 e. The molecule has 0 fully saturated rings. The van der Waals surface area contributed by atoms with Gasteiger partial charge in [0.15, 0.2) is 17.3 Å². The molecule has 1 N–H and O–H groups in total. The lowest BCUT2D eigenvalue weighted by Gasteiger charge is -2.09. The second-order valence-corrected chi connectivity index (χ2v) is 7.04. The van der Waals surface area contributed by atoms with Crippen molar-refractivity contribution in [3.63, 3.8) is 0 Å². The minimum atomic E-state index is -0.282. The van der Waals surface area contributed by atoms with Gasteiger partial charge in [0.25, 0.3) is 5.91 Å². The number of anilines is 1. The summed E-state index contributed by atoms with van der Waals surface area (Å²) < 4.78 is 16.6. The highest BCUT2D eigenvalue weighted by Crippen LogP contribution is 2.35. The summed E-state index contributed by atoms with van der Waals surface area (Å²) in [6.45, 7) is 0.176. The molecule has 1 aliphatic heterocycles. The molecule has 0 bridgehead atoms. The highest BCUT2D eigenvalue weighted by atomic mass is 35.5. The molecular formula is C23H15ClN2O4. The molecule has 2 heterocycles. The summed E-state index contributed by atoms with van der Waals surface area (Å²) in [6, 6.07) is 19.7. The number of rotatable bonds is 4. The Hall–Kier alpha value is -3.77. The summed E-state index contributed by atoms with van der Waals surface area (Å²) in [5, 5.41) is 3.53. The minimum absolute atomic E-state index is 0.176. The third-order valence-electron chi connectivity index (χ3n) is 4.67. The summed E-state index contributed by atoms with van der Waals surface area (Å²) in [5.41, 5.74) is 2.49. The van der Waals surface area contributed by atoms with Gasteiger partial charge >= 0.3 is 0 Å². The maximum atomic E-state index is 13.0. The average molecular weight is 419 g/mol. The highest BCUT2D eigenvalue weighted by molar-refractivity contribution is 6.30. The van der Waals surface area contributed by atoms with Crippen LogP contribution in [-0.2, 0) is 0 Å². The molecule has 6 nitrogen and oxygen atoms in total. The smallest absolute Gasteiger partial charge is 0.256 e. The van der Waals surface area contributed by atoms with Crippen molar-refractivity contribution in [3.8, 4) is 34.3 Å². The standard InChI is InChI=1S/C23H15ClN2O4/c24-15-7-5-14(6-8-15)21-12-25-23(30-21)18-4-2-1-3-17(18)22(27)26-16-9-10-19-20(11-16)29-13-28-19/h1-12H,13H2,(H,26,27). The Morgan fingerprint density at radius 1 is 0.967 bits per heavy atom. The van der Waals surface area contributed by atoms with Gasteiger partial charge in [0.05, 0.1) is 11.8 Å². The number of carbonyl (C=O) groups excluding carboxylic acids is 1. The van der Waals surface area contributed by atoms with Crippen molar-refractivity contribution in [2.24, 2.45) is 0 Å². The van der Waals surface area contributed by atoms with Crippen LogP contribution in [0.1, 0.15) is 10.4 Å². The summed E-state index contributed by atoms with van der Waals surface area (Å²) in [6.07, 6.45) is 1.63. The molecule has 0 aliphatic carbocycles. The lowest BCUT2D eigenvalue weighted by atomic mass is 10.1. The van der Waals surface area contributed by atoms with Crippen LogP contribution < -0.4 is 14.8 Å². The van der Waals surface area contributed by atoms with E-state index in [9.17, 15) is 4.79 Å². The van der Waals surface area contributed by atoms with Crippen LogP contribution in [0.4, 0.5) is 5.69 Å². The number of amides is 1. The third-order valence-corrected chi connectivity index (χ3v) is 4.92. The monoisotopic (exact) mass is 418 g/mol. The lowest BCUT2D eigenvalue weighted by Crippen LogP contribution is -2.13. The summed E-state index contributed by atoms with van der Waals surface area (Å²) in [5.74, 6) is 1.92. The van der Waals surface area contributed by atoms with Gasteiger partial charge in [0, 0.05) is 27.9 Å². The van der Waals surface area contributed by atoms with Crippen LogP contribution in [0, 0.1) is 0 Å². The number of oxazole rings is 1. The van der Waals surface area contributed by atoms with Gasteiger partial charge in [-0.05, 0) is 48.5 Å². The normalized spacial score (nSPS) is 12.0. The van der Waals surface area contributed by atoms with Crippen LogP contribution >= 0.6 is 11.6 Å². The van der Waals surface area contributed by atoms with E-state index in [1.165, 1.54) is 0 Å². The molecule has 30 heavy (non-hydrogen) atoms. The van der Waals surface area contributed by atoms with Gasteiger partial charge < -0.3 is 19.2 Å². The van der Waals surface area contributed by atoms with Gasteiger partial charge in [0.2, 0.25) is 12.7 Å². The van der Waals surface area contributed by atoms with Gasteiger partial charge in [0.1, 0.15) is 0 Å². The van der Waals surface area contributed by atoms with Gasteiger partial charge in [-0.15, -0.1) is 0 Å². The van der Waals surface area contributed by atoms with Crippen molar-refractivity contribution in [1.29, 1.82) is 0 Å². The Labute approximate surface area is 177 Å². The molecule has 148 valence electrons. The molecule has 1 aliphatic rings. The van der Waals surface area contributed by atoms with E-state index in [1.54, 1.807) is 54.7 Å². The van der Waals surface area contributed by atoms with Crippen LogP contribution in [0.15, 0.2) is 77.3 Å². The van der Waals surface area contributed by atoms with E-state index in [4.69, 9.17) is 25.5 Å². The molecule has 4 aromatic rings. The van der Waals surface area contributed by atoms with Gasteiger partial charge in [-0.1, -0.05) is 23.7 Å². The number of nitrogens with zero attached hydrogens (tertiary/aromatic N) is 1. The number of ether oxygens (including phenoxy) is 2. The molecule has 0 spiro atoms. The Bertz CT molecular complexity index is 1230. The fraction of sp³-hybridized carbons (Fsp3) is 0.0435. The second kappa shape index (κ2) is 7.57. The molecule has 1 aromatic heterocycles. The van der Waals surface area contributed by atoms with Crippen molar-refractivity contribution >= 4 is 23.2 Å². The van der Waals surface area contributed by atoms with E-state index in [2.05, 4.69) is 10.3 Å². The number of hydrogen-bond acceptors (Lipinski definition) is 5. The number of benzene rings is 3. The topological polar surface area (TPSA) is 73.6 Å². The molecular weight excluding hydrogens is 404 g/mol. The van der Waals surface area contributed by atoms with Crippen molar-refractivity contribution < 1.29 is 18.7 Å². The summed E-state index contributed by atoms with van der Waals surface area (Å²) in [4.78, 5) is 17.3. The maximum absolute atomic E-state index is 13.0. The zero-order valence-electron chi connectivity index (χ0n) is 15.6. The molecule has 0 saturated heterocycles. The van der Waals surface area contributed by atoms with Crippen LogP contribution in [-0.4, -0.2) is 17.7 Å². The van der Waals surface area contributed by atoms with Gasteiger partial charge in [-0.3, -0.25) is 4.79 Å². The van der Waals surface area contributed by atoms with Crippen LogP contribution in [0.5, 0.6) is 11.5 Å². The van der Waals surface area contributed by atoms with E-state index < -0.39 is 0 Å². The number of halogens is 1. The van der Waals surface area contributed by atoms with Crippen LogP contribution in [0.3, 0.4) is 0 Å². The number of nitrogens with one attached hydrogen (secondary N) is 1. The van der Waals surface area contributed by atoms with E-state index in [0.717, 1.165) is 5.56 Å². The molecule has 5 rings (SSSR count). The Balaban J connectivity index is 1.43. The van der Waals surface area contributed by atoms with E-state index >= 15 is 0 Å². The molecule has 3 aromatic carbocycles.